The summed E-state index contributed by atoms with van der Waals surface area (Å²) in [4.78, 5) is 64.0. The summed E-state index contributed by atoms with van der Waals surface area (Å²) in [6, 6.07) is 20.7. The number of carbonyl (C=O) groups excluding carboxylic acids is 3. The van der Waals surface area contributed by atoms with Gasteiger partial charge in [0.25, 0.3) is 5.91 Å². The smallest absolute Gasteiger partial charge is 0.329 e. The zero-order chi connectivity index (χ0) is 40.5. The Kier molecular flexibility index (Phi) is 9.43. The lowest BCUT2D eigenvalue weighted by Gasteiger charge is -2.40. The molecule has 3 aromatic heterocycles. The second kappa shape index (κ2) is 14.8. The summed E-state index contributed by atoms with van der Waals surface area (Å²) in [5, 5.41) is 11.1. The van der Waals surface area contributed by atoms with Gasteiger partial charge in [-0.2, -0.15) is 0 Å². The van der Waals surface area contributed by atoms with E-state index in [-0.39, 0.29) is 30.0 Å². The van der Waals surface area contributed by atoms with E-state index in [1.54, 1.807) is 16.2 Å². The van der Waals surface area contributed by atoms with Gasteiger partial charge in [0.2, 0.25) is 11.8 Å². The number of anilines is 3. The number of carbonyl (C=O) groups is 3. The first kappa shape index (κ1) is 37.5. The number of nitrogens with one attached hydrogen (secondary N) is 3. The van der Waals surface area contributed by atoms with Crippen molar-refractivity contribution in [1.29, 1.82) is 0 Å². The SMILES string of the molecule is Cc1cc(-c2ccc3c(ccc4sc5c(c43)NC[C@@H](C)NC5=O)n2)cc(N2CCN(CC3CCN(c4ccc5c(c4)n(C)c(=O)n5C4CCC(=O)NC4=O)CC3)CC2)c1. The Bertz CT molecular complexity index is 2740. The van der Waals surface area contributed by atoms with Crippen LogP contribution in [0.4, 0.5) is 17.1 Å². The van der Waals surface area contributed by atoms with E-state index in [0.29, 0.717) is 18.9 Å². The van der Waals surface area contributed by atoms with E-state index in [1.165, 1.54) is 22.6 Å². The fourth-order valence-electron chi connectivity index (χ4n) is 9.69. The van der Waals surface area contributed by atoms with Crippen LogP contribution in [0.3, 0.4) is 0 Å². The molecule has 3 fully saturated rings. The molecule has 304 valence electrons. The van der Waals surface area contributed by atoms with Crippen LogP contribution in [0.2, 0.25) is 0 Å². The summed E-state index contributed by atoms with van der Waals surface area (Å²) < 4.78 is 4.24. The van der Waals surface area contributed by atoms with Crippen molar-refractivity contribution < 1.29 is 14.4 Å². The highest BCUT2D eigenvalue weighted by Crippen LogP contribution is 2.41. The second-order valence-corrected chi connectivity index (χ2v) is 17.9. The van der Waals surface area contributed by atoms with E-state index in [9.17, 15) is 19.2 Å². The molecule has 1 unspecified atom stereocenters. The van der Waals surface area contributed by atoms with Gasteiger partial charge in [0, 0.05) is 104 Å². The molecule has 0 spiro atoms. The second-order valence-electron chi connectivity index (χ2n) is 16.9. The summed E-state index contributed by atoms with van der Waals surface area (Å²) in [7, 11) is 1.75. The van der Waals surface area contributed by atoms with Gasteiger partial charge in [-0.05, 0) is 105 Å². The Morgan fingerprint density at radius 1 is 0.831 bits per heavy atom. The lowest BCUT2D eigenvalue weighted by atomic mass is 9.95. The van der Waals surface area contributed by atoms with E-state index < -0.39 is 11.9 Å². The van der Waals surface area contributed by atoms with Crippen molar-refractivity contribution >= 4 is 78.1 Å². The Labute approximate surface area is 346 Å². The van der Waals surface area contributed by atoms with Gasteiger partial charge >= 0.3 is 5.69 Å². The normalized spacial score (nSPS) is 20.8. The summed E-state index contributed by atoms with van der Waals surface area (Å²) in [5.74, 6) is -0.0906. The highest BCUT2D eigenvalue weighted by molar-refractivity contribution is 7.21. The molecule has 3 aromatic carbocycles. The zero-order valence-corrected chi connectivity index (χ0v) is 34.5. The van der Waals surface area contributed by atoms with E-state index in [1.807, 2.05) is 13.0 Å². The quantitative estimate of drug-likeness (QED) is 0.183. The monoisotopic (exact) mass is 811 g/mol. The highest BCUT2D eigenvalue weighted by atomic mass is 32.1. The summed E-state index contributed by atoms with van der Waals surface area (Å²) in [6.45, 7) is 11.9. The average Bonchev–Trinajstić information content (AvgIpc) is 3.69. The molecule has 6 aromatic rings. The molecule has 0 saturated carbocycles. The first-order valence-electron chi connectivity index (χ1n) is 20.9. The van der Waals surface area contributed by atoms with Gasteiger partial charge in [0.15, 0.2) is 0 Å². The highest BCUT2D eigenvalue weighted by Gasteiger charge is 2.32. The van der Waals surface area contributed by atoms with Crippen molar-refractivity contribution in [2.24, 2.45) is 13.0 Å². The minimum absolute atomic E-state index is 0.0177. The van der Waals surface area contributed by atoms with Crippen molar-refractivity contribution in [1.82, 2.24) is 29.7 Å². The number of hydrogen-bond acceptors (Lipinski definition) is 10. The molecular formula is C45H49N9O4S. The van der Waals surface area contributed by atoms with E-state index >= 15 is 0 Å². The Balaban J connectivity index is 0.775. The number of pyridine rings is 1. The maximum atomic E-state index is 13.3. The Hall–Kier alpha value is -5.73. The molecule has 59 heavy (non-hydrogen) atoms. The van der Waals surface area contributed by atoms with E-state index in [0.717, 1.165) is 118 Å². The van der Waals surface area contributed by atoms with Crippen molar-refractivity contribution in [2.75, 3.05) is 67.5 Å². The number of aryl methyl sites for hydroxylation is 2. The van der Waals surface area contributed by atoms with Crippen LogP contribution >= 0.6 is 11.3 Å². The maximum Gasteiger partial charge on any atom is 0.329 e. The van der Waals surface area contributed by atoms with Crippen LogP contribution < -0.4 is 31.4 Å². The maximum absolute atomic E-state index is 13.3. The molecule has 0 aliphatic carbocycles. The molecule has 0 bridgehead atoms. The molecule has 4 aliphatic heterocycles. The number of rotatable bonds is 6. The third kappa shape index (κ3) is 6.81. The molecule has 10 rings (SSSR count). The minimum atomic E-state index is -0.681. The summed E-state index contributed by atoms with van der Waals surface area (Å²) in [5.41, 5.74) is 8.71. The van der Waals surface area contributed by atoms with Crippen molar-refractivity contribution in [3.8, 4) is 11.3 Å². The third-order valence-corrected chi connectivity index (χ3v) is 14.0. The third-order valence-electron chi connectivity index (χ3n) is 12.9. The summed E-state index contributed by atoms with van der Waals surface area (Å²) >= 11 is 1.53. The van der Waals surface area contributed by atoms with E-state index in [4.69, 9.17) is 4.98 Å². The fourth-order valence-corrected chi connectivity index (χ4v) is 10.8. The van der Waals surface area contributed by atoms with Gasteiger partial charge in [0.1, 0.15) is 10.9 Å². The minimum Gasteiger partial charge on any atom is -0.381 e. The fraction of sp³-hybridized carbons (Fsp3) is 0.400. The zero-order valence-electron chi connectivity index (χ0n) is 33.7. The van der Waals surface area contributed by atoms with Crippen LogP contribution in [-0.2, 0) is 16.6 Å². The van der Waals surface area contributed by atoms with Gasteiger partial charge in [-0.15, -0.1) is 11.3 Å². The van der Waals surface area contributed by atoms with Gasteiger partial charge in [0.05, 0.1) is 27.9 Å². The molecule has 0 radical (unpaired) electrons. The van der Waals surface area contributed by atoms with Gasteiger partial charge < -0.3 is 20.4 Å². The number of piperazine rings is 1. The van der Waals surface area contributed by atoms with Crippen LogP contribution in [0.15, 0.2) is 65.5 Å². The first-order chi connectivity index (χ1) is 28.6. The van der Waals surface area contributed by atoms with Crippen molar-refractivity contribution in [2.45, 2.75) is 51.6 Å². The number of nitrogens with zero attached hydrogens (tertiary/aromatic N) is 6. The topological polar surface area (TPSA) is 137 Å². The lowest BCUT2D eigenvalue weighted by Crippen LogP contribution is -2.49. The molecule has 14 heteroatoms. The van der Waals surface area contributed by atoms with Gasteiger partial charge in [-0.3, -0.25) is 33.7 Å². The van der Waals surface area contributed by atoms with Crippen LogP contribution in [0.25, 0.3) is 43.3 Å². The number of imidazole rings is 1. The molecule has 3 saturated heterocycles. The molecule has 2 atom stereocenters. The molecule has 3 amide bonds. The number of hydrogen-bond donors (Lipinski definition) is 3. The Morgan fingerprint density at radius 2 is 1.63 bits per heavy atom. The van der Waals surface area contributed by atoms with Gasteiger partial charge in [-0.25, -0.2) is 9.78 Å². The lowest BCUT2D eigenvalue weighted by molar-refractivity contribution is -0.135. The van der Waals surface area contributed by atoms with Crippen LogP contribution in [0.5, 0.6) is 0 Å². The van der Waals surface area contributed by atoms with E-state index in [2.05, 4.69) is 92.2 Å². The van der Waals surface area contributed by atoms with Crippen molar-refractivity contribution in [3.05, 3.63) is 81.6 Å². The standard InChI is InChI=1S/C45H49N9O4S/c1-26-20-29(33-6-5-32-34(48-33)7-10-38-40(32)41-42(59-38)44(57)47-27(2)24-46-41)22-31(21-26)53-18-16-51(17-19-53)25-28-12-14-52(15-13-28)30-4-8-35-37(23-30)50(3)45(58)54(35)36-9-11-39(55)49-43(36)56/h4-8,10,20-23,27-28,36,46H,9,11-19,24-25H2,1-3H3,(H,47,57)(H,49,55,56)/t27-,36?/m1/s1. The largest absolute Gasteiger partial charge is 0.381 e. The molecule has 13 nitrogen and oxygen atoms in total. The number of imide groups is 1. The molecule has 7 heterocycles. The first-order valence-corrected chi connectivity index (χ1v) is 21.7. The molecule has 4 aliphatic rings. The number of benzene rings is 3. The van der Waals surface area contributed by atoms with Crippen LogP contribution in [-0.4, -0.2) is 95.1 Å². The van der Waals surface area contributed by atoms with Crippen LogP contribution in [0, 0.1) is 12.8 Å². The number of fused-ring (bicyclic) bond motifs is 6. The number of aromatic nitrogens is 3. The predicted octanol–water partition coefficient (Wildman–Crippen LogP) is 5.64. The molecular weight excluding hydrogens is 763 g/mol. The number of piperidine rings is 2. The average molecular weight is 812 g/mol. The Morgan fingerprint density at radius 3 is 2.42 bits per heavy atom. The predicted molar refractivity (Wildman–Crippen MR) is 235 cm³/mol. The van der Waals surface area contributed by atoms with Crippen LogP contribution in [0.1, 0.15) is 53.9 Å². The number of thiophene rings is 1. The van der Waals surface area contributed by atoms with Gasteiger partial charge in [-0.1, -0.05) is 0 Å². The van der Waals surface area contributed by atoms with Crippen molar-refractivity contribution in [3.63, 3.8) is 0 Å². The molecule has 3 N–H and O–H groups in total. The number of amides is 3. The summed E-state index contributed by atoms with van der Waals surface area (Å²) in [6.07, 6.45) is 2.78.